The summed E-state index contributed by atoms with van der Waals surface area (Å²) in [5, 5.41) is 0.949. The SMILES string of the molecule is COc1ccc2[nH]cc(C(=O)N3CC4(C)CC3CC(C)(C)C4)c2c1. The van der Waals surface area contributed by atoms with Gasteiger partial charge in [0.1, 0.15) is 5.75 Å². The number of methoxy groups -OCH3 is 1. The number of nitrogens with zero attached hydrogens (tertiary/aromatic N) is 1. The van der Waals surface area contributed by atoms with Crippen molar-refractivity contribution < 1.29 is 9.53 Å². The molecular weight excluding hydrogens is 300 g/mol. The van der Waals surface area contributed by atoms with Crippen LogP contribution in [0.4, 0.5) is 0 Å². The third-order valence-corrected chi connectivity index (χ3v) is 5.79. The van der Waals surface area contributed by atoms with Gasteiger partial charge in [0, 0.05) is 29.7 Å². The fourth-order valence-electron chi connectivity index (χ4n) is 5.26. The van der Waals surface area contributed by atoms with Gasteiger partial charge in [-0.15, -0.1) is 0 Å². The monoisotopic (exact) mass is 326 g/mol. The van der Waals surface area contributed by atoms with Gasteiger partial charge < -0.3 is 14.6 Å². The standard InChI is InChI=1S/C20H26N2O2/c1-19(2)8-13-9-20(3,11-19)12-22(13)18(23)16-10-21-17-6-5-14(24-4)7-15(16)17/h5-7,10,13,21H,8-9,11-12H2,1-4H3. The molecule has 2 fully saturated rings. The molecule has 1 aromatic heterocycles. The Bertz CT molecular complexity index is 807. The van der Waals surface area contributed by atoms with E-state index in [1.165, 1.54) is 6.42 Å². The van der Waals surface area contributed by atoms with Crippen molar-refractivity contribution >= 4 is 16.8 Å². The van der Waals surface area contributed by atoms with E-state index in [0.29, 0.717) is 11.5 Å². The van der Waals surface area contributed by atoms with Crippen LogP contribution in [0.5, 0.6) is 5.75 Å². The molecule has 1 N–H and O–H groups in total. The number of benzene rings is 1. The van der Waals surface area contributed by atoms with Gasteiger partial charge in [-0.3, -0.25) is 4.79 Å². The number of fused-ring (bicyclic) bond motifs is 3. The van der Waals surface area contributed by atoms with Gasteiger partial charge >= 0.3 is 0 Å². The molecule has 4 heteroatoms. The van der Waals surface area contributed by atoms with Crippen LogP contribution in [0.1, 0.15) is 50.4 Å². The van der Waals surface area contributed by atoms with E-state index in [1.807, 2.05) is 24.4 Å². The smallest absolute Gasteiger partial charge is 0.256 e. The maximum Gasteiger partial charge on any atom is 0.256 e. The van der Waals surface area contributed by atoms with Crippen LogP contribution in [-0.2, 0) is 0 Å². The Morgan fingerprint density at radius 2 is 2.08 bits per heavy atom. The molecule has 1 aromatic carbocycles. The van der Waals surface area contributed by atoms with Crippen LogP contribution in [0.25, 0.3) is 10.9 Å². The predicted molar refractivity (Wildman–Crippen MR) is 95.4 cm³/mol. The zero-order valence-corrected chi connectivity index (χ0v) is 15.0. The van der Waals surface area contributed by atoms with E-state index in [4.69, 9.17) is 4.74 Å². The highest BCUT2D eigenvalue weighted by Gasteiger charge is 2.51. The summed E-state index contributed by atoms with van der Waals surface area (Å²) in [7, 11) is 1.65. The summed E-state index contributed by atoms with van der Waals surface area (Å²) < 4.78 is 5.33. The van der Waals surface area contributed by atoms with Crippen LogP contribution in [0.3, 0.4) is 0 Å². The van der Waals surface area contributed by atoms with Gasteiger partial charge in [0.15, 0.2) is 0 Å². The molecule has 24 heavy (non-hydrogen) atoms. The van der Waals surface area contributed by atoms with Gasteiger partial charge in [-0.1, -0.05) is 20.8 Å². The van der Waals surface area contributed by atoms with Crippen molar-refractivity contribution in [1.82, 2.24) is 9.88 Å². The molecule has 2 unspecified atom stereocenters. The molecule has 128 valence electrons. The van der Waals surface area contributed by atoms with E-state index in [1.54, 1.807) is 7.11 Å². The number of hydrogen-bond acceptors (Lipinski definition) is 2. The summed E-state index contributed by atoms with van der Waals surface area (Å²) in [6.45, 7) is 7.88. The van der Waals surface area contributed by atoms with Crippen molar-refractivity contribution in [3.63, 3.8) is 0 Å². The number of H-pyrrole nitrogens is 1. The van der Waals surface area contributed by atoms with E-state index < -0.39 is 0 Å². The van der Waals surface area contributed by atoms with Crippen molar-refractivity contribution in [2.75, 3.05) is 13.7 Å². The van der Waals surface area contributed by atoms with E-state index in [0.717, 1.165) is 41.6 Å². The third-order valence-electron chi connectivity index (χ3n) is 5.79. The van der Waals surface area contributed by atoms with Gasteiger partial charge in [0.25, 0.3) is 5.91 Å². The molecule has 2 bridgehead atoms. The molecule has 1 saturated heterocycles. The summed E-state index contributed by atoms with van der Waals surface area (Å²) in [5.74, 6) is 0.935. The van der Waals surface area contributed by atoms with Crippen LogP contribution >= 0.6 is 0 Å². The van der Waals surface area contributed by atoms with Crippen molar-refractivity contribution in [2.45, 2.75) is 46.1 Å². The fourth-order valence-corrected chi connectivity index (χ4v) is 5.26. The van der Waals surface area contributed by atoms with Crippen LogP contribution in [-0.4, -0.2) is 35.5 Å². The van der Waals surface area contributed by atoms with Crippen LogP contribution in [0.15, 0.2) is 24.4 Å². The highest BCUT2D eigenvalue weighted by Crippen LogP contribution is 2.52. The zero-order chi connectivity index (χ0) is 17.1. The van der Waals surface area contributed by atoms with Crippen molar-refractivity contribution in [3.05, 3.63) is 30.0 Å². The molecular formula is C20H26N2O2. The van der Waals surface area contributed by atoms with Gasteiger partial charge in [-0.2, -0.15) is 0 Å². The molecule has 1 amide bonds. The Labute approximate surface area is 143 Å². The summed E-state index contributed by atoms with van der Waals surface area (Å²) >= 11 is 0. The Morgan fingerprint density at radius 3 is 2.83 bits per heavy atom. The lowest BCUT2D eigenvalue weighted by atomic mass is 9.65. The zero-order valence-electron chi connectivity index (χ0n) is 15.0. The number of rotatable bonds is 2. The van der Waals surface area contributed by atoms with E-state index >= 15 is 0 Å². The van der Waals surface area contributed by atoms with Crippen LogP contribution in [0.2, 0.25) is 0 Å². The van der Waals surface area contributed by atoms with Crippen LogP contribution < -0.4 is 4.74 Å². The first-order chi connectivity index (χ1) is 11.3. The average Bonchev–Trinajstić information content (AvgIpc) is 3.03. The predicted octanol–water partition coefficient (Wildman–Crippen LogP) is 4.22. The minimum atomic E-state index is 0.154. The molecule has 2 aliphatic rings. The minimum absolute atomic E-state index is 0.154. The molecule has 0 spiro atoms. The van der Waals surface area contributed by atoms with E-state index in [9.17, 15) is 4.79 Å². The number of carbonyl (C=O) groups is 1. The Morgan fingerprint density at radius 1 is 1.29 bits per heavy atom. The lowest BCUT2D eigenvalue weighted by molar-refractivity contribution is 0.0710. The van der Waals surface area contributed by atoms with Crippen molar-refractivity contribution in [1.29, 1.82) is 0 Å². The molecule has 4 nitrogen and oxygen atoms in total. The maximum atomic E-state index is 13.3. The molecule has 1 aliphatic heterocycles. The number of ether oxygens (including phenoxy) is 1. The lowest BCUT2D eigenvalue weighted by Gasteiger charge is -2.39. The lowest BCUT2D eigenvalue weighted by Crippen LogP contribution is -2.37. The molecule has 2 heterocycles. The number of aromatic nitrogens is 1. The molecule has 1 aliphatic carbocycles. The molecule has 2 atom stereocenters. The number of likely N-dealkylation sites (tertiary alicyclic amines) is 1. The molecule has 0 radical (unpaired) electrons. The third kappa shape index (κ3) is 2.40. The first-order valence-corrected chi connectivity index (χ1v) is 8.76. The number of hydrogen-bond donors (Lipinski definition) is 1. The summed E-state index contributed by atoms with van der Waals surface area (Å²) in [6, 6.07) is 6.20. The summed E-state index contributed by atoms with van der Waals surface area (Å²) in [4.78, 5) is 18.6. The first-order valence-electron chi connectivity index (χ1n) is 8.76. The second-order valence-electron chi connectivity index (χ2n) is 8.76. The van der Waals surface area contributed by atoms with Crippen molar-refractivity contribution in [2.24, 2.45) is 10.8 Å². The molecule has 2 aromatic rings. The van der Waals surface area contributed by atoms with Crippen molar-refractivity contribution in [3.8, 4) is 5.75 Å². The second-order valence-corrected chi connectivity index (χ2v) is 8.76. The van der Waals surface area contributed by atoms with Crippen LogP contribution in [0, 0.1) is 10.8 Å². The number of carbonyl (C=O) groups excluding carboxylic acids is 1. The second kappa shape index (κ2) is 5.01. The summed E-state index contributed by atoms with van der Waals surface area (Å²) in [5.41, 5.74) is 2.31. The molecule has 4 rings (SSSR count). The van der Waals surface area contributed by atoms with Gasteiger partial charge in [0.05, 0.1) is 12.7 Å². The first kappa shape index (κ1) is 15.6. The highest BCUT2D eigenvalue weighted by atomic mass is 16.5. The van der Waals surface area contributed by atoms with E-state index in [2.05, 4.69) is 30.7 Å². The quantitative estimate of drug-likeness (QED) is 0.898. The topological polar surface area (TPSA) is 45.3 Å². The normalized spacial score (nSPS) is 28.3. The summed E-state index contributed by atoms with van der Waals surface area (Å²) in [6.07, 6.45) is 5.28. The Balaban J connectivity index is 1.70. The number of nitrogens with one attached hydrogen (secondary N) is 1. The Hall–Kier alpha value is -1.97. The number of amides is 1. The van der Waals surface area contributed by atoms with Gasteiger partial charge in [-0.25, -0.2) is 0 Å². The average molecular weight is 326 g/mol. The molecule has 1 saturated carbocycles. The fraction of sp³-hybridized carbons (Fsp3) is 0.550. The largest absolute Gasteiger partial charge is 0.497 e. The van der Waals surface area contributed by atoms with E-state index in [-0.39, 0.29) is 11.3 Å². The van der Waals surface area contributed by atoms with Gasteiger partial charge in [0.2, 0.25) is 0 Å². The Kier molecular flexibility index (Phi) is 3.25. The number of aromatic amines is 1. The highest BCUT2D eigenvalue weighted by molar-refractivity contribution is 6.07. The minimum Gasteiger partial charge on any atom is -0.497 e. The van der Waals surface area contributed by atoms with Gasteiger partial charge in [-0.05, 0) is 48.3 Å². The maximum absolute atomic E-state index is 13.3.